The molecule has 2 saturated heterocycles. The van der Waals surface area contributed by atoms with Crippen LogP contribution in [0, 0.1) is 6.92 Å². The van der Waals surface area contributed by atoms with Crippen LogP contribution in [-0.2, 0) is 6.54 Å². The highest BCUT2D eigenvalue weighted by Gasteiger charge is 2.42. The molecule has 2 heteroatoms. The monoisotopic (exact) mass is 216 g/mol. The zero-order chi connectivity index (χ0) is 11.0. The van der Waals surface area contributed by atoms with E-state index in [0.29, 0.717) is 5.54 Å². The normalized spacial score (nSPS) is 32.2. The Kier molecular flexibility index (Phi) is 2.49. The summed E-state index contributed by atoms with van der Waals surface area (Å²) >= 11 is 0. The topological polar surface area (TPSA) is 15.3 Å². The number of benzene rings is 1. The fourth-order valence-electron chi connectivity index (χ4n) is 3.07. The van der Waals surface area contributed by atoms with Crippen LogP contribution in [0.25, 0.3) is 0 Å². The highest BCUT2D eigenvalue weighted by Crippen LogP contribution is 2.32. The molecule has 2 bridgehead atoms. The Labute approximate surface area is 97.6 Å². The summed E-state index contributed by atoms with van der Waals surface area (Å²) in [6, 6.07) is 8.82. The van der Waals surface area contributed by atoms with Gasteiger partial charge in [0, 0.05) is 31.7 Å². The quantitative estimate of drug-likeness (QED) is 0.830. The van der Waals surface area contributed by atoms with E-state index in [1.807, 2.05) is 0 Å². The number of nitrogens with one attached hydrogen (secondary N) is 1. The summed E-state index contributed by atoms with van der Waals surface area (Å²) in [6.07, 6.45) is 2.66. The first kappa shape index (κ1) is 10.3. The highest BCUT2D eigenvalue weighted by atomic mass is 15.2. The Morgan fingerprint density at radius 1 is 1.31 bits per heavy atom. The summed E-state index contributed by atoms with van der Waals surface area (Å²) in [6.45, 7) is 7.03. The van der Waals surface area contributed by atoms with E-state index in [1.54, 1.807) is 0 Å². The van der Waals surface area contributed by atoms with E-state index in [-0.39, 0.29) is 0 Å². The molecule has 16 heavy (non-hydrogen) atoms. The second-order valence-corrected chi connectivity index (χ2v) is 5.40. The molecule has 2 fully saturated rings. The van der Waals surface area contributed by atoms with Gasteiger partial charge in [-0.3, -0.25) is 0 Å². The van der Waals surface area contributed by atoms with Gasteiger partial charge in [-0.2, -0.15) is 0 Å². The lowest BCUT2D eigenvalue weighted by molar-refractivity contribution is 0.338. The van der Waals surface area contributed by atoms with Crippen molar-refractivity contribution in [1.29, 1.82) is 0 Å². The molecule has 0 radical (unpaired) electrons. The lowest BCUT2D eigenvalue weighted by atomic mass is 9.95. The molecule has 2 aliphatic heterocycles. The fourth-order valence-corrected chi connectivity index (χ4v) is 3.07. The maximum Gasteiger partial charge on any atom is 0.0336 e. The molecular formula is C14H20N2. The van der Waals surface area contributed by atoms with Gasteiger partial charge in [-0.05, 0) is 25.3 Å². The molecule has 3 rings (SSSR count). The first-order chi connectivity index (χ1) is 7.76. The lowest BCUT2D eigenvalue weighted by Gasteiger charge is -2.27. The smallest absolute Gasteiger partial charge is 0.0336 e. The second kappa shape index (κ2) is 3.86. The van der Waals surface area contributed by atoms with E-state index in [0.717, 1.165) is 6.54 Å². The minimum absolute atomic E-state index is 0.434. The molecule has 0 atom stereocenters. The van der Waals surface area contributed by atoms with Crippen molar-refractivity contribution in [2.45, 2.75) is 31.8 Å². The number of rotatable bonds is 3. The largest absolute Gasteiger partial charge is 0.306 e. The highest BCUT2D eigenvalue weighted by molar-refractivity contribution is 5.22. The predicted molar refractivity (Wildman–Crippen MR) is 66.4 cm³/mol. The van der Waals surface area contributed by atoms with Gasteiger partial charge in [-0.15, -0.1) is 0 Å². The Morgan fingerprint density at radius 2 is 2.12 bits per heavy atom. The zero-order valence-electron chi connectivity index (χ0n) is 10.00. The van der Waals surface area contributed by atoms with Crippen LogP contribution in [0.4, 0.5) is 0 Å². The third-order valence-corrected chi connectivity index (χ3v) is 4.09. The Bertz CT molecular complexity index is 378. The average Bonchev–Trinajstić information content (AvgIpc) is 2.87. The third kappa shape index (κ3) is 1.87. The Hall–Kier alpha value is -0.860. The van der Waals surface area contributed by atoms with Gasteiger partial charge in [0.25, 0.3) is 0 Å². The first-order valence-corrected chi connectivity index (χ1v) is 6.29. The number of hydrogen-bond donors (Lipinski definition) is 1. The van der Waals surface area contributed by atoms with Crippen molar-refractivity contribution in [3.05, 3.63) is 35.4 Å². The van der Waals surface area contributed by atoms with E-state index in [9.17, 15) is 0 Å². The SMILES string of the molecule is Cc1cccc(CNC23CCN(CC2)C3)c1. The fraction of sp³-hybridized carbons (Fsp3) is 0.571. The molecule has 0 saturated carbocycles. The van der Waals surface area contributed by atoms with E-state index in [1.165, 1.54) is 43.6 Å². The number of nitrogens with zero attached hydrogens (tertiary/aromatic N) is 1. The predicted octanol–water partition coefficient (Wildman–Crippen LogP) is 1.93. The molecule has 0 aromatic heterocycles. The molecular weight excluding hydrogens is 196 g/mol. The summed E-state index contributed by atoms with van der Waals surface area (Å²) in [4.78, 5) is 2.57. The third-order valence-electron chi connectivity index (χ3n) is 4.09. The van der Waals surface area contributed by atoms with Gasteiger partial charge < -0.3 is 10.2 Å². The van der Waals surface area contributed by atoms with Crippen molar-refractivity contribution in [2.75, 3.05) is 19.6 Å². The van der Waals surface area contributed by atoms with E-state index >= 15 is 0 Å². The van der Waals surface area contributed by atoms with E-state index in [4.69, 9.17) is 0 Å². The standard InChI is InChI=1S/C14H20N2/c1-12-3-2-4-13(9-12)10-15-14-5-7-16(11-14)8-6-14/h2-4,9,15H,5-8,10-11H2,1H3. The van der Waals surface area contributed by atoms with E-state index in [2.05, 4.69) is 41.4 Å². The Morgan fingerprint density at radius 3 is 2.75 bits per heavy atom. The number of aryl methyl sites for hydroxylation is 1. The van der Waals surface area contributed by atoms with Crippen LogP contribution in [-0.4, -0.2) is 30.1 Å². The van der Waals surface area contributed by atoms with Crippen molar-refractivity contribution in [3.63, 3.8) is 0 Å². The van der Waals surface area contributed by atoms with Crippen molar-refractivity contribution in [3.8, 4) is 0 Å². The van der Waals surface area contributed by atoms with Crippen LogP contribution in [0.2, 0.25) is 0 Å². The van der Waals surface area contributed by atoms with Crippen LogP contribution in [0.5, 0.6) is 0 Å². The van der Waals surface area contributed by atoms with Crippen molar-refractivity contribution in [1.82, 2.24) is 10.2 Å². The van der Waals surface area contributed by atoms with Crippen LogP contribution in [0.15, 0.2) is 24.3 Å². The molecule has 2 heterocycles. The van der Waals surface area contributed by atoms with Gasteiger partial charge in [0.1, 0.15) is 0 Å². The van der Waals surface area contributed by atoms with Gasteiger partial charge in [0.2, 0.25) is 0 Å². The van der Waals surface area contributed by atoms with Crippen LogP contribution < -0.4 is 5.32 Å². The number of fused-ring (bicyclic) bond motifs is 2. The minimum atomic E-state index is 0.434. The molecule has 2 aliphatic rings. The minimum Gasteiger partial charge on any atom is -0.306 e. The summed E-state index contributed by atoms with van der Waals surface area (Å²) in [5.41, 5.74) is 3.21. The second-order valence-electron chi connectivity index (χ2n) is 5.40. The van der Waals surface area contributed by atoms with Crippen molar-refractivity contribution < 1.29 is 0 Å². The molecule has 1 aromatic carbocycles. The maximum absolute atomic E-state index is 3.79. The van der Waals surface area contributed by atoms with E-state index < -0.39 is 0 Å². The molecule has 1 N–H and O–H groups in total. The summed E-state index contributed by atoms with van der Waals surface area (Å²) in [5, 5.41) is 3.79. The van der Waals surface area contributed by atoms with Gasteiger partial charge >= 0.3 is 0 Å². The summed E-state index contributed by atoms with van der Waals surface area (Å²) in [7, 11) is 0. The Balaban J connectivity index is 1.64. The molecule has 2 nitrogen and oxygen atoms in total. The maximum atomic E-state index is 3.79. The zero-order valence-corrected chi connectivity index (χ0v) is 10.00. The van der Waals surface area contributed by atoms with Crippen LogP contribution in [0.3, 0.4) is 0 Å². The molecule has 1 aromatic rings. The van der Waals surface area contributed by atoms with Gasteiger partial charge in [-0.25, -0.2) is 0 Å². The van der Waals surface area contributed by atoms with Gasteiger partial charge in [0.15, 0.2) is 0 Å². The molecule has 0 spiro atoms. The molecule has 0 aliphatic carbocycles. The van der Waals surface area contributed by atoms with Crippen LogP contribution >= 0.6 is 0 Å². The lowest BCUT2D eigenvalue weighted by Crippen LogP contribution is -2.43. The number of hydrogen-bond acceptors (Lipinski definition) is 2. The number of piperidine rings is 1. The summed E-state index contributed by atoms with van der Waals surface area (Å²) in [5.74, 6) is 0. The van der Waals surface area contributed by atoms with Gasteiger partial charge in [0.05, 0.1) is 0 Å². The summed E-state index contributed by atoms with van der Waals surface area (Å²) < 4.78 is 0. The van der Waals surface area contributed by atoms with Crippen molar-refractivity contribution >= 4 is 0 Å². The van der Waals surface area contributed by atoms with Gasteiger partial charge in [-0.1, -0.05) is 29.8 Å². The molecule has 0 unspecified atom stereocenters. The van der Waals surface area contributed by atoms with Crippen LogP contribution in [0.1, 0.15) is 24.0 Å². The molecule has 0 amide bonds. The average molecular weight is 216 g/mol. The first-order valence-electron chi connectivity index (χ1n) is 6.29. The van der Waals surface area contributed by atoms with Crippen molar-refractivity contribution in [2.24, 2.45) is 0 Å². The molecule has 86 valence electrons.